The van der Waals surface area contributed by atoms with E-state index in [1.807, 2.05) is 0 Å². The van der Waals surface area contributed by atoms with E-state index in [0.717, 1.165) is 16.9 Å². The number of furan rings is 1. The lowest BCUT2D eigenvalue weighted by molar-refractivity contribution is 0.584. The molecule has 0 saturated heterocycles. The molecule has 0 N–H and O–H groups in total. The summed E-state index contributed by atoms with van der Waals surface area (Å²) in [4.78, 5) is 2.53. The van der Waals surface area contributed by atoms with Gasteiger partial charge < -0.3 is 9.32 Å². The van der Waals surface area contributed by atoms with Crippen LogP contribution in [-0.4, -0.2) is 0 Å². The van der Waals surface area contributed by atoms with E-state index in [1.54, 1.807) is 0 Å². The molecule has 9 rings (SSSR count). The van der Waals surface area contributed by atoms with Crippen molar-refractivity contribution in [3.05, 3.63) is 148 Å². The molecule has 0 aliphatic heterocycles. The molecule has 0 radical (unpaired) electrons. The molecule has 6 aromatic carbocycles. The molecule has 2 heteroatoms. The molecule has 290 valence electrons. The summed E-state index contributed by atoms with van der Waals surface area (Å²) in [6, 6.07) is 40.1. The Bertz CT molecular complexity index is 2760. The number of hydrogen-bond donors (Lipinski definition) is 0. The molecule has 0 atom stereocenters. The van der Waals surface area contributed by atoms with Gasteiger partial charge in [0.25, 0.3) is 0 Å². The summed E-state index contributed by atoms with van der Waals surface area (Å²) < 4.78 is 6.98. The Hall–Kier alpha value is -5.08. The third kappa shape index (κ3) is 5.65. The minimum atomic E-state index is -0.149. The van der Waals surface area contributed by atoms with Crippen LogP contribution in [0, 0.1) is 0 Å². The zero-order chi connectivity index (χ0) is 40.5. The average molecular weight is 750 g/mol. The van der Waals surface area contributed by atoms with Gasteiger partial charge in [-0.25, -0.2) is 0 Å². The van der Waals surface area contributed by atoms with Gasteiger partial charge in [0.1, 0.15) is 11.2 Å². The van der Waals surface area contributed by atoms with Crippen molar-refractivity contribution in [2.45, 2.75) is 124 Å². The third-order valence-electron chi connectivity index (χ3n) is 13.5. The SMILES string of the molecule is CC(C)c1cc(C(C)C)c2oc3c(C(C)C)cc(N(c4ccc5c(c4)C(C)(C)c4ccccc4-5)c4ccc5c(c4)C(C)(C)c4cc(C(C)(C)C)ccc4-5)cc3c2c1. The molecule has 2 aliphatic carbocycles. The summed E-state index contributed by atoms with van der Waals surface area (Å²) in [5.41, 5.74) is 21.6. The summed E-state index contributed by atoms with van der Waals surface area (Å²) in [6.45, 7) is 30.3. The van der Waals surface area contributed by atoms with Crippen LogP contribution in [0.25, 0.3) is 44.2 Å². The summed E-state index contributed by atoms with van der Waals surface area (Å²) in [5, 5.41) is 2.41. The maximum absolute atomic E-state index is 6.98. The van der Waals surface area contributed by atoms with Gasteiger partial charge in [0.2, 0.25) is 0 Å². The number of nitrogens with zero attached hydrogens (tertiary/aromatic N) is 1. The number of benzene rings is 6. The van der Waals surface area contributed by atoms with Gasteiger partial charge in [-0.15, -0.1) is 0 Å². The lowest BCUT2D eigenvalue weighted by Crippen LogP contribution is -2.19. The summed E-state index contributed by atoms with van der Waals surface area (Å²) in [5.74, 6) is 1.03. The molecule has 2 aliphatic rings. The predicted molar refractivity (Wildman–Crippen MR) is 244 cm³/mol. The lowest BCUT2D eigenvalue weighted by Gasteiger charge is -2.30. The summed E-state index contributed by atoms with van der Waals surface area (Å²) in [7, 11) is 0. The third-order valence-corrected chi connectivity index (χ3v) is 13.5. The highest BCUT2D eigenvalue weighted by Gasteiger charge is 2.38. The van der Waals surface area contributed by atoms with Gasteiger partial charge in [0, 0.05) is 44.2 Å². The second-order valence-electron chi connectivity index (χ2n) is 20.1. The topological polar surface area (TPSA) is 16.4 Å². The standard InChI is InChI=1S/C55H59NO/c1-31(2)34-24-43(32(3)4)51-45(25-34)46-28-38(27-44(33(5)6)52(46)57-51)56(36-19-22-41-39-16-14-15-17-47(39)54(10,11)49(41)29-36)37-20-23-42-40-21-18-35(53(7,8)9)26-48(40)55(12,13)50(42)30-37/h14-33H,1-13H3. The number of hydrogen-bond acceptors (Lipinski definition) is 2. The first-order chi connectivity index (χ1) is 26.9. The van der Waals surface area contributed by atoms with Gasteiger partial charge in [-0.3, -0.25) is 0 Å². The van der Waals surface area contributed by atoms with Gasteiger partial charge in [0.05, 0.1) is 0 Å². The van der Waals surface area contributed by atoms with Crippen LogP contribution in [0.5, 0.6) is 0 Å². The molecule has 0 saturated carbocycles. The molecule has 57 heavy (non-hydrogen) atoms. The first-order valence-corrected chi connectivity index (χ1v) is 21.3. The molecule has 2 nitrogen and oxygen atoms in total. The van der Waals surface area contributed by atoms with Crippen molar-refractivity contribution in [2.24, 2.45) is 0 Å². The van der Waals surface area contributed by atoms with Gasteiger partial charge in [-0.05, 0) is 127 Å². The van der Waals surface area contributed by atoms with E-state index in [9.17, 15) is 0 Å². The highest BCUT2D eigenvalue weighted by atomic mass is 16.3. The summed E-state index contributed by atoms with van der Waals surface area (Å²) in [6.07, 6.45) is 0. The number of fused-ring (bicyclic) bond motifs is 9. The smallest absolute Gasteiger partial charge is 0.139 e. The first kappa shape index (κ1) is 37.5. The Morgan fingerprint density at radius 3 is 1.53 bits per heavy atom. The molecule has 0 spiro atoms. The second kappa shape index (κ2) is 12.7. The van der Waals surface area contributed by atoms with E-state index in [1.165, 1.54) is 88.9 Å². The lowest BCUT2D eigenvalue weighted by atomic mass is 9.79. The maximum atomic E-state index is 6.98. The van der Waals surface area contributed by atoms with Crippen LogP contribution in [-0.2, 0) is 16.2 Å². The van der Waals surface area contributed by atoms with Crippen LogP contribution in [0.1, 0.15) is 152 Å². The molecule has 0 unspecified atom stereocenters. The minimum absolute atomic E-state index is 0.0821. The Morgan fingerprint density at radius 2 is 0.965 bits per heavy atom. The zero-order valence-electron chi connectivity index (χ0n) is 36.4. The van der Waals surface area contributed by atoms with E-state index >= 15 is 0 Å². The normalized spacial score (nSPS) is 15.2. The van der Waals surface area contributed by atoms with E-state index < -0.39 is 0 Å². The molecule has 7 aromatic rings. The zero-order valence-corrected chi connectivity index (χ0v) is 36.4. The number of rotatable bonds is 6. The Balaban J connectivity index is 1.31. The van der Waals surface area contributed by atoms with Gasteiger partial charge in [-0.2, -0.15) is 0 Å². The fourth-order valence-corrected chi connectivity index (χ4v) is 9.97. The number of anilines is 3. The van der Waals surface area contributed by atoms with Crippen LogP contribution < -0.4 is 4.90 Å². The highest BCUT2D eigenvalue weighted by molar-refractivity contribution is 6.09. The molecule has 0 amide bonds. The van der Waals surface area contributed by atoms with Crippen LogP contribution in [0.2, 0.25) is 0 Å². The maximum Gasteiger partial charge on any atom is 0.139 e. The van der Waals surface area contributed by atoms with Crippen molar-refractivity contribution < 1.29 is 4.42 Å². The van der Waals surface area contributed by atoms with Crippen molar-refractivity contribution in [1.29, 1.82) is 0 Å². The van der Waals surface area contributed by atoms with Gasteiger partial charge in [-0.1, -0.05) is 151 Å². The fourth-order valence-electron chi connectivity index (χ4n) is 9.97. The molecule has 1 heterocycles. The Kier molecular flexibility index (Phi) is 8.36. The highest BCUT2D eigenvalue weighted by Crippen LogP contribution is 2.54. The first-order valence-electron chi connectivity index (χ1n) is 21.3. The van der Waals surface area contributed by atoms with Crippen LogP contribution in [0.4, 0.5) is 17.1 Å². The molecular weight excluding hydrogens is 691 g/mol. The largest absolute Gasteiger partial charge is 0.455 e. The van der Waals surface area contributed by atoms with E-state index in [4.69, 9.17) is 4.42 Å². The Morgan fingerprint density at radius 1 is 0.474 bits per heavy atom. The quantitative estimate of drug-likeness (QED) is 0.168. The van der Waals surface area contributed by atoms with Crippen molar-refractivity contribution >= 4 is 39.0 Å². The van der Waals surface area contributed by atoms with Crippen molar-refractivity contribution in [3.63, 3.8) is 0 Å². The van der Waals surface area contributed by atoms with Crippen molar-refractivity contribution in [1.82, 2.24) is 0 Å². The molecular formula is C55H59NO. The molecule has 0 bridgehead atoms. The van der Waals surface area contributed by atoms with Crippen molar-refractivity contribution in [2.75, 3.05) is 4.90 Å². The second-order valence-corrected chi connectivity index (χ2v) is 20.1. The van der Waals surface area contributed by atoms with Crippen molar-refractivity contribution in [3.8, 4) is 22.3 Å². The van der Waals surface area contributed by atoms with Crippen LogP contribution >= 0.6 is 0 Å². The predicted octanol–water partition coefficient (Wildman–Crippen LogP) is 16.3. The average Bonchev–Trinajstić information content (AvgIpc) is 3.73. The molecule has 1 aromatic heterocycles. The fraction of sp³-hybridized carbons (Fsp3) is 0.345. The van der Waals surface area contributed by atoms with Gasteiger partial charge >= 0.3 is 0 Å². The van der Waals surface area contributed by atoms with Crippen LogP contribution in [0.3, 0.4) is 0 Å². The van der Waals surface area contributed by atoms with E-state index in [2.05, 4.69) is 198 Å². The van der Waals surface area contributed by atoms with Gasteiger partial charge in [0.15, 0.2) is 0 Å². The van der Waals surface area contributed by atoms with Crippen LogP contribution in [0.15, 0.2) is 108 Å². The van der Waals surface area contributed by atoms with E-state index in [-0.39, 0.29) is 22.2 Å². The minimum Gasteiger partial charge on any atom is -0.455 e. The summed E-state index contributed by atoms with van der Waals surface area (Å²) >= 11 is 0. The monoisotopic (exact) mass is 749 g/mol. The Labute approximate surface area is 340 Å². The van der Waals surface area contributed by atoms with E-state index in [0.29, 0.717) is 11.8 Å². The molecule has 0 fully saturated rings.